The second kappa shape index (κ2) is 11.4. The number of aliphatic hydroxyl groups excluding tert-OH is 1. The lowest BCUT2D eigenvalue weighted by Crippen LogP contribution is -2.42. The summed E-state index contributed by atoms with van der Waals surface area (Å²) in [6.07, 6.45) is -8.38. The maximum atomic E-state index is 13.8. The highest BCUT2D eigenvalue weighted by atomic mass is 19.4. The van der Waals surface area contributed by atoms with E-state index in [1.54, 1.807) is 13.0 Å². The number of hydrogen-bond donors (Lipinski definition) is 2. The molecule has 0 spiro atoms. The highest BCUT2D eigenvalue weighted by Crippen LogP contribution is 2.41. The molecule has 2 aromatic carbocycles. The Morgan fingerprint density at radius 3 is 2.02 bits per heavy atom. The third-order valence-electron chi connectivity index (χ3n) is 6.51. The highest BCUT2D eigenvalue weighted by molar-refractivity contribution is 6.03. The Morgan fingerprint density at radius 1 is 0.925 bits per heavy atom. The molecule has 12 heteroatoms. The van der Waals surface area contributed by atoms with Crippen molar-refractivity contribution in [2.45, 2.75) is 45.0 Å². The average Bonchev–Trinajstić information content (AvgIpc) is 2.86. The molecule has 0 unspecified atom stereocenters. The first-order valence-corrected chi connectivity index (χ1v) is 12.2. The summed E-state index contributed by atoms with van der Waals surface area (Å²) in [5.41, 5.74) is -3.69. The molecule has 0 radical (unpaired) electrons. The third kappa shape index (κ3) is 6.72. The standard InChI is InChI=1S/C28H28F7N3O2/c1-16-10-20(29)6-7-21(16)22-14-24(36-8-5-9-39)37-15-23(22)38(4)25(40)26(2,3)17-11-18(27(30,31)32)13-19(12-17)28(33,34)35/h6-7,10-15,39H,5,8-9H2,1-4H3,(H,36,37). The van der Waals surface area contributed by atoms with E-state index in [1.807, 2.05) is 0 Å². The quantitative estimate of drug-likeness (QED) is 0.227. The molecule has 1 aromatic heterocycles. The van der Waals surface area contributed by atoms with Crippen LogP contribution in [0.3, 0.4) is 0 Å². The molecule has 40 heavy (non-hydrogen) atoms. The van der Waals surface area contributed by atoms with Crippen LogP contribution in [-0.2, 0) is 22.6 Å². The summed E-state index contributed by atoms with van der Waals surface area (Å²) in [5.74, 6) is -0.916. The van der Waals surface area contributed by atoms with Crippen LogP contribution >= 0.6 is 0 Å². The van der Waals surface area contributed by atoms with E-state index < -0.39 is 46.2 Å². The molecule has 1 heterocycles. The van der Waals surface area contributed by atoms with Crippen LogP contribution in [0, 0.1) is 12.7 Å². The van der Waals surface area contributed by atoms with Crippen LogP contribution in [-0.4, -0.2) is 36.2 Å². The van der Waals surface area contributed by atoms with E-state index in [-0.39, 0.29) is 18.4 Å². The van der Waals surface area contributed by atoms with E-state index >= 15 is 0 Å². The van der Waals surface area contributed by atoms with Crippen LogP contribution in [0.2, 0.25) is 0 Å². The first kappa shape index (κ1) is 30.9. The largest absolute Gasteiger partial charge is 0.416 e. The number of carbonyl (C=O) groups is 1. The molecule has 0 atom stereocenters. The number of nitrogens with one attached hydrogen (secondary N) is 1. The van der Waals surface area contributed by atoms with Gasteiger partial charge in [0.15, 0.2) is 0 Å². The molecule has 0 aliphatic carbocycles. The fourth-order valence-electron chi connectivity index (χ4n) is 4.22. The Balaban J connectivity index is 2.13. The number of aryl methyl sites for hydroxylation is 1. The molecule has 0 fully saturated rings. The zero-order chi connectivity index (χ0) is 30.0. The second-order valence-corrected chi connectivity index (χ2v) is 9.83. The van der Waals surface area contributed by atoms with Crippen molar-refractivity contribution in [2.75, 3.05) is 30.4 Å². The van der Waals surface area contributed by atoms with E-state index in [0.717, 1.165) is 4.90 Å². The number of rotatable bonds is 8. The lowest BCUT2D eigenvalue weighted by Gasteiger charge is -2.32. The summed E-state index contributed by atoms with van der Waals surface area (Å²) in [6.45, 7) is 4.44. The number of nitrogens with zero attached hydrogens (tertiary/aromatic N) is 2. The smallest absolute Gasteiger partial charge is 0.396 e. The van der Waals surface area contributed by atoms with Gasteiger partial charge in [0.05, 0.1) is 28.4 Å². The lowest BCUT2D eigenvalue weighted by atomic mass is 9.81. The van der Waals surface area contributed by atoms with Crippen molar-refractivity contribution >= 4 is 17.4 Å². The fourth-order valence-corrected chi connectivity index (χ4v) is 4.22. The Bertz CT molecular complexity index is 1350. The van der Waals surface area contributed by atoms with Gasteiger partial charge < -0.3 is 15.3 Å². The van der Waals surface area contributed by atoms with Gasteiger partial charge in [-0.05, 0) is 80.3 Å². The van der Waals surface area contributed by atoms with Gasteiger partial charge in [0.1, 0.15) is 11.6 Å². The first-order valence-electron chi connectivity index (χ1n) is 12.2. The predicted molar refractivity (Wildman–Crippen MR) is 137 cm³/mol. The summed E-state index contributed by atoms with van der Waals surface area (Å²) < 4.78 is 94.8. The van der Waals surface area contributed by atoms with E-state index in [2.05, 4.69) is 10.3 Å². The number of anilines is 2. The zero-order valence-electron chi connectivity index (χ0n) is 22.1. The number of aromatic nitrogens is 1. The van der Waals surface area contributed by atoms with Crippen molar-refractivity contribution in [3.8, 4) is 11.1 Å². The summed E-state index contributed by atoms with van der Waals surface area (Å²) in [7, 11) is 1.33. The SMILES string of the molecule is Cc1cc(F)ccc1-c1cc(NCCCO)ncc1N(C)C(=O)C(C)(C)c1cc(C(F)(F)F)cc(C(F)(F)F)c1. The number of hydrogen-bond acceptors (Lipinski definition) is 4. The van der Waals surface area contributed by atoms with Crippen molar-refractivity contribution in [3.05, 3.63) is 76.7 Å². The number of amides is 1. The van der Waals surface area contributed by atoms with Gasteiger partial charge in [0, 0.05) is 25.8 Å². The van der Waals surface area contributed by atoms with E-state index in [4.69, 9.17) is 5.11 Å². The fraction of sp³-hybridized carbons (Fsp3) is 0.357. The molecule has 2 N–H and O–H groups in total. The van der Waals surface area contributed by atoms with Crippen LogP contribution in [0.4, 0.5) is 42.2 Å². The number of pyridine rings is 1. The van der Waals surface area contributed by atoms with E-state index in [1.165, 1.54) is 45.3 Å². The van der Waals surface area contributed by atoms with Crippen molar-refractivity contribution in [1.82, 2.24) is 4.98 Å². The van der Waals surface area contributed by atoms with Gasteiger partial charge >= 0.3 is 12.4 Å². The van der Waals surface area contributed by atoms with Gasteiger partial charge in [-0.3, -0.25) is 4.79 Å². The molecule has 0 aliphatic rings. The number of carbonyl (C=O) groups excluding carboxylic acids is 1. The number of halogens is 7. The Morgan fingerprint density at radius 2 is 1.50 bits per heavy atom. The topological polar surface area (TPSA) is 65.5 Å². The van der Waals surface area contributed by atoms with Crippen LogP contribution in [0.1, 0.15) is 42.5 Å². The maximum Gasteiger partial charge on any atom is 0.416 e. The average molecular weight is 572 g/mol. The summed E-state index contributed by atoms with van der Waals surface area (Å²) >= 11 is 0. The van der Waals surface area contributed by atoms with Gasteiger partial charge in [-0.15, -0.1) is 0 Å². The second-order valence-electron chi connectivity index (χ2n) is 9.83. The lowest BCUT2D eigenvalue weighted by molar-refractivity contribution is -0.143. The zero-order valence-corrected chi connectivity index (χ0v) is 22.1. The molecule has 3 aromatic rings. The number of likely N-dealkylation sites (N-methyl/N-ethyl adjacent to an activating group) is 1. The highest BCUT2D eigenvalue weighted by Gasteiger charge is 2.41. The van der Waals surface area contributed by atoms with Crippen LogP contribution in [0.15, 0.2) is 48.7 Å². The molecule has 0 aliphatic heterocycles. The molecule has 3 rings (SSSR count). The van der Waals surface area contributed by atoms with Crippen LogP contribution in [0.25, 0.3) is 11.1 Å². The summed E-state index contributed by atoms with van der Waals surface area (Å²) in [6, 6.07) is 6.68. The minimum atomic E-state index is -5.07. The molecular formula is C28H28F7N3O2. The number of alkyl halides is 6. The molecule has 216 valence electrons. The van der Waals surface area contributed by atoms with Gasteiger partial charge in [0.2, 0.25) is 5.91 Å². The van der Waals surface area contributed by atoms with Gasteiger partial charge in [-0.1, -0.05) is 6.07 Å². The van der Waals surface area contributed by atoms with E-state index in [0.29, 0.717) is 47.6 Å². The van der Waals surface area contributed by atoms with Crippen molar-refractivity contribution in [2.24, 2.45) is 0 Å². The molecule has 0 bridgehead atoms. The van der Waals surface area contributed by atoms with Gasteiger partial charge in [0.25, 0.3) is 0 Å². The summed E-state index contributed by atoms with van der Waals surface area (Å²) in [4.78, 5) is 19.1. The Hall–Kier alpha value is -3.67. The molecule has 0 saturated carbocycles. The van der Waals surface area contributed by atoms with Gasteiger partial charge in [-0.2, -0.15) is 26.3 Å². The summed E-state index contributed by atoms with van der Waals surface area (Å²) in [5, 5.41) is 12.1. The maximum absolute atomic E-state index is 13.8. The van der Waals surface area contributed by atoms with Crippen molar-refractivity contribution < 1.29 is 40.6 Å². The molecular weight excluding hydrogens is 543 g/mol. The predicted octanol–water partition coefficient (Wildman–Crippen LogP) is 6.97. The minimum absolute atomic E-state index is 0.00955. The Labute approximate surface area is 226 Å². The van der Waals surface area contributed by atoms with E-state index in [9.17, 15) is 35.5 Å². The van der Waals surface area contributed by atoms with Crippen LogP contribution in [0.5, 0.6) is 0 Å². The number of aliphatic hydroxyl groups is 1. The number of benzene rings is 2. The van der Waals surface area contributed by atoms with Crippen LogP contribution < -0.4 is 10.2 Å². The third-order valence-corrected chi connectivity index (χ3v) is 6.51. The normalized spacial score (nSPS) is 12.4. The van der Waals surface area contributed by atoms with Crippen molar-refractivity contribution in [1.29, 1.82) is 0 Å². The first-order chi connectivity index (χ1) is 18.5. The van der Waals surface area contributed by atoms with Gasteiger partial charge in [-0.25, -0.2) is 9.37 Å². The molecule has 5 nitrogen and oxygen atoms in total. The monoisotopic (exact) mass is 571 g/mol. The van der Waals surface area contributed by atoms with Crippen molar-refractivity contribution in [3.63, 3.8) is 0 Å². The molecule has 1 amide bonds. The molecule has 0 saturated heterocycles. The minimum Gasteiger partial charge on any atom is -0.396 e. The Kier molecular flexibility index (Phi) is 8.83.